The van der Waals surface area contributed by atoms with Crippen LogP contribution >= 0.6 is 0 Å². The molecule has 25 heavy (non-hydrogen) atoms. The first-order valence-corrected chi connectivity index (χ1v) is 9.27. The largest absolute Gasteiger partial charge is 0.496 e. The van der Waals surface area contributed by atoms with Crippen molar-refractivity contribution >= 4 is 21.9 Å². The van der Waals surface area contributed by atoms with Crippen LogP contribution in [-0.2, 0) is 14.8 Å². The highest BCUT2D eigenvalue weighted by atomic mass is 32.2. The first kappa shape index (κ1) is 20.9. The molecule has 0 heterocycles. The van der Waals surface area contributed by atoms with Gasteiger partial charge in [0.1, 0.15) is 11.8 Å². The number of methoxy groups -OCH3 is 1. The van der Waals surface area contributed by atoms with Gasteiger partial charge in [-0.05, 0) is 24.6 Å². The van der Waals surface area contributed by atoms with Crippen LogP contribution in [0.4, 0.5) is 0 Å². The lowest BCUT2D eigenvalue weighted by Crippen LogP contribution is -2.40. The van der Waals surface area contributed by atoms with E-state index in [9.17, 15) is 23.1 Å². The molecule has 0 radical (unpaired) electrons. The minimum absolute atomic E-state index is 0.0795. The second-order valence-electron chi connectivity index (χ2n) is 5.72. The van der Waals surface area contributed by atoms with Gasteiger partial charge in [-0.25, -0.2) is 8.42 Å². The lowest BCUT2D eigenvalue weighted by atomic mass is 10.1. The van der Waals surface area contributed by atoms with Crippen molar-refractivity contribution in [1.29, 1.82) is 0 Å². The molecule has 0 saturated heterocycles. The molecule has 0 spiro atoms. The number of carbonyl (C=O) groups excluding carboxylic acids is 1. The summed E-state index contributed by atoms with van der Waals surface area (Å²) in [5.74, 6) is -1.43. The van der Waals surface area contributed by atoms with Gasteiger partial charge in [0.2, 0.25) is 10.0 Å². The summed E-state index contributed by atoms with van der Waals surface area (Å²) in [6.07, 6.45) is 1.51. The fraction of sp³-hybridized carbons (Fsp3) is 0.500. The third kappa shape index (κ3) is 5.43. The molecule has 0 aliphatic carbocycles. The van der Waals surface area contributed by atoms with Crippen molar-refractivity contribution in [1.82, 2.24) is 9.62 Å². The molecule has 140 valence electrons. The molecule has 0 aliphatic rings. The number of benzene rings is 1. The molecule has 1 amide bonds. The SMILES string of the molecule is CCCCC(NS(=O)(=O)c1ccc(OC)c(C(=O)N(C)C)c1)C(=O)O. The third-order valence-corrected chi connectivity index (χ3v) is 5.03. The van der Waals surface area contributed by atoms with E-state index in [2.05, 4.69) is 4.72 Å². The van der Waals surface area contributed by atoms with Gasteiger partial charge in [0, 0.05) is 14.1 Å². The number of nitrogens with zero attached hydrogens (tertiary/aromatic N) is 1. The summed E-state index contributed by atoms with van der Waals surface area (Å²) >= 11 is 0. The fourth-order valence-electron chi connectivity index (χ4n) is 2.16. The number of aliphatic carboxylic acids is 1. The number of unbranched alkanes of at least 4 members (excludes halogenated alkanes) is 1. The van der Waals surface area contributed by atoms with Crippen molar-refractivity contribution in [3.05, 3.63) is 23.8 Å². The number of ether oxygens (including phenoxy) is 1. The summed E-state index contributed by atoms with van der Waals surface area (Å²) in [6, 6.07) is 2.60. The minimum atomic E-state index is -4.10. The van der Waals surface area contributed by atoms with Crippen molar-refractivity contribution in [2.75, 3.05) is 21.2 Å². The molecule has 1 aromatic rings. The Kier molecular flexibility index (Phi) is 7.38. The number of hydrogen-bond donors (Lipinski definition) is 2. The molecular weight excluding hydrogens is 348 g/mol. The summed E-state index contributed by atoms with van der Waals surface area (Å²) in [5, 5.41) is 9.20. The van der Waals surface area contributed by atoms with E-state index in [1.54, 1.807) is 0 Å². The number of carbonyl (C=O) groups is 2. The van der Waals surface area contributed by atoms with Crippen LogP contribution in [-0.4, -0.2) is 57.5 Å². The lowest BCUT2D eigenvalue weighted by Gasteiger charge is -2.17. The first-order valence-electron chi connectivity index (χ1n) is 7.78. The Hall–Kier alpha value is -2.13. The standard InChI is InChI=1S/C16H24N2O6S/c1-5-6-7-13(16(20)21)17-25(22,23)11-8-9-14(24-4)12(10-11)15(19)18(2)3/h8-10,13,17H,5-7H2,1-4H3,(H,20,21). The summed E-state index contributed by atoms with van der Waals surface area (Å²) in [5.41, 5.74) is 0.0795. The molecule has 0 aliphatic heterocycles. The predicted octanol–water partition coefficient (Wildman–Crippen LogP) is 1.32. The number of nitrogens with one attached hydrogen (secondary N) is 1. The van der Waals surface area contributed by atoms with Crippen LogP contribution < -0.4 is 9.46 Å². The van der Waals surface area contributed by atoms with Crippen molar-refractivity contribution in [2.24, 2.45) is 0 Å². The zero-order chi connectivity index (χ0) is 19.2. The van der Waals surface area contributed by atoms with Gasteiger partial charge >= 0.3 is 5.97 Å². The molecule has 1 atom stereocenters. The maximum Gasteiger partial charge on any atom is 0.321 e. The Labute approximate surface area is 147 Å². The molecule has 1 aromatic carbocycles. The van der Waals surface area contributed by atoms with Crippen LogP contribution in [0.2, 0.25) is 0 Å². The Morgan fingerprint density at radius 2 is 1.96 bits per heavy atom. The van der Waals surface area contributed by atoms with Gasteiger partial charge in [0.05, 0.1) is 17.6 Å². The van der Waals surface area contributed by atoms with E-state index < -0.39 is 27.9 Å². The van der Waals surface area contributed by atoms with Crippen LogP contribution in [0.15, 0.2) is 23.1 Å². The Morgan fingerprint density at radius 1 is 1.32 bits per heavy atom. The van der Waals surface area contributed by atoms with E-state index in [-0.39, 0.29) is 22.6 Å². The third-order valence-electron chi connectivity index (χ3n) is 3.56. The van der Waals surface area contributed by atoms with E-state index in [0.29, 0.717) is 6.42 Å². The van der Waals surface area contributed by atoms with Crippen LogP contribution in [0, 0.1) is 0 Å². The van der Waals surface area contributed by atoms with E-state index in [0.717, 1.165) is 6.42 Å². The molecule has 1 rings (SSSR count). The average molecular weight is 372 g/mol. The van der Waals surface area contributed by atoms with Gasteiger partial charge in [-0.2, -0.15) is 4.72 Å². The van der Waals surface area contributed by atoms with Crippen LogP contribution in [0.1, 0.15) is 36.5 Å². The number of hydrogen-bond acceptors (Lipinski definition) is 5. The summed E-state index contributed by atoms with van der Waals surface area (Å²) in [6.45, 7) is 1.88. The Morgan fingerprint density at radius 3 is 2.44 bits per heavy atom. The van der Waals surface area contributed by atoms with Crippen LogP contribution in [0.5, 0.6) is 5.75 Å². The highest BCUT2D eigenvalue weighted by Gasteiger charge is 2.26. The minimum Gasteiger partial charge on any atom is -0.496 e. The second-order valence-corrected chi connectivity index (χ2v) is 7.43. The molecule has 0 bridgehead atoms. The molecule has 1 unspecified atom stereocenters. The van der Waals surface area contributed by atoms with E-state index >= 15 is 0 Å². The highest BCUT2D eigenvalue weighted by molar-refractivity contribution is 7.89. The smallest absolute Gasteiger partial charge is 0.321 e. The maximum atomic E-state index is 12.5. The summed E-state index contributed by atoms with van der Waals surface area (Å²) in [4.78, 5) is 24.6. The average Bonchev–Trinajstić information content (AvgIpc) is 2.56. The topological polar surface area (TPSA) is 113 Å². The molecule has 0 saturated carbocycles. The van der Waals surface area contributed by atoms with Gasteiger partial charge in [0.25, 0.3) is 5.91 Å². The molecule has 9 heteroatoms. The van der Waals surface area contributed by atoms with E-state index in [4.69, 9.17) is 4.74 Å². The number of rotatable bonds is 9. The lowest BCUT2D eigenvalue weighted by molar-refractivity contribution is -0.139. The monoisotopic (exact) mass is 372 g/mol. The van der Waals surface area contributed by atoms with Crippen molar-refractivity contribution in [3.63, 3.8) is 0 Å². The molecule has 0 fully saturated rings. The normalized spacial score (nSPS) is 12.5. The second kappa shape index (κ2) is 8.82. The first-order chi connectivity index (χ1) is 11.6. The number of amides is 1. The van der Waals surface area contributed by atoms with Crippen molar-refractivity contribution in [3.8, 4) is 5.75 Å². The predicted molar refractivity (Wildman–Crippen MR) is 92.3 cm³/mol. The molecular formula is C16H24N2O6S. The Balaban J connectivity index is 3.22. The van der Waals surface area contributed by atoms with Crippen molar-refractivity contribution in [2.45, 2.75) is 37.1 Å². The zero-order valence-corrected chi connectivity index (χ0v) is 15.6. The molecule has 2 N–H and O–H groups in total. The number of carboxylic acids is 1. The maximum absolute atomic E-state index is 12.5. The summed E-state index contributed by atoms with van der Waals surface area (Å²) < 4.78 is 32.3. The Bertz CT molecular complexity index is 730. The number of carboxylic acid groups (broad SMARTS) is 1. The number of sulfonamides is 1. The van der Waals surface area contributed by atoms with Gasteiger partial charge in [-0.15, -0.1) is 0 Å². The van der Waals surface area contributed by atoms with Gasteiger partial charge in [-0.3, -0.25) is 9.59 Å². The fourth-order valence-corrected chi connectivity index (χ4v) is 3.41. The zero-order valence-electron chi connectivity index (χ0n) is 14.8. The van der Waals surface area contributed by atoms with Gasteiger partial charge < -0.3 is 14.7 Å². The van der Waals surface area contributed by atoms with E-state index in [1.807, 2.05) is 6.92 Å². The summed E-state index contributed by atoms with van der Waals surface area (Å²) in [7, 11) is 0.344. The molecule has 0 aromatic heterocycles. The molecule has 8 nitrogen and oxygen atoms in total. The van der Waals surface area contributed by atoms with Gasteiger partial charge in [-0.1, -0.05) is 19.8 Å². The van der Waals surface area contributed by atoms with Crippen molar-refractivity contribution < 1.29 is 27.9 Å². The quantitative estimate of drug-likeness (QED) is 0.676. The highest BCUT2D eigenvalue weighted by Crippen LogP contribution is 2.24. The van der Waals surface area contributed by atoms with Gasteiger partial charge in [0.15, 0.2) is 0 Å². The van der Waals surface area contributed by atoms with E-state index in [1.165, 1.54) is 44.3 Å². The van der Waals surface area contributed by atoms with Crippen LogP contribution in [0.25, 0.3) is 0 Å². The van der Waals surface area contributed by atoms with Crippen LogP contribution in [0.3, 0.4) is 0 Å².